The molecule has 0 fully saturated rings. The number of benzene rings is 2. The van der Waals surface area contributed by atoms with E-state index >= 15 is 0 Å². The molecule has 0 amide bonds. The second-order valence-electron chi connectivity index (χ2n) is 6.81. The van der Waals surface area contributed by atoms with Crippen LogP contribution >= 0.6 is 0 Å². The fourth-order valence-corrected chi connectivity index (χ4v) is 3.60. The van der Waals surface area contributed by atoms with Crippen LogP contribution in [0.15, 0.2) is 65.3 Å². The van der Waals surface area contributed by atoms with Crippen LogP contribution in [0.25, 0.3) is 11.1 Å². The van der Waals surface area contributed by atoms with Gasteiger partial charge < -0.3 is 24.7 Å². The summed E-state index contributed by atoms with van der Waals surface area (Å²) in [6, 6.07) is 15.2. The van der Waals surface area contributed by atoms with Crippen LogP contribution in [-0.2, 0) is 14.3 Å². The van der Waals surface area contributed by atoms with Crippen LogP contribution < -0.4 is 15.2 Å². The molecule has 0 aliphatic carbocycles. The Morgan fingerprint density at radius 1 is 1.13 bits per heavy atom. The summed E-state index contributed by atoms with van der Waals surface area (Å²) in [7, 11) is 3.15. The van der Waals surface area contributed by atoms with Crippen LogP contribution in [0.4, 0.5) is 0 Å². The number of ether oxygens (including phenoxy) is 4. The van der Waals surface area contributed by atoms with E-state index in [9.17, 15) is 10.1 Å². The summed E-state index contributed by atoms with van der Waals surface area (Å²) in [6.07, 6.45) is 0. The van der Waals surface area contributed by atoms with E-state index in [-0.39, 0.29) is 23.6 Å². The fraction of sp³-hybridized carbons (Fsp3) is 0.250. The van der Waals surface area contributed by atoms with E-state index in [0.717, 1.165) is 16.7 Å². The average Bonchev–Trinajstić information content (AvgIpc) is 2.78. The summed E-state index contributed by atoms with van der Waals surface area (Å²) in [5.74, 6) is 0.282. The minimum atomic E-state index is -0.696. The van der Waals surface area contributed by atoms with Gasteiger partial charge in [0.05, 0.1) is 32.3 Å². The van der Waals surface area contributed by atoms with Gasteiger partial charge in [0.15, 0.2) is 11.5 Å². The van der Waals surface area contributed by atoms with Gasteiger partial charge in [0.1, 0.15) is 17.4 Å². The number of carbonyl (C=O) groups is 1. The number of carbonyl (C=O) groups excluding carboxylic acids is 1. The minimum Gasteiger partial charge on any atom is -0.493 e. The van der Waals surface area contributed by atoms with Gasteiger partial charge >= 0.3 is 5.97 Å². The molecule has 31 heavy (non-hydrogen) atoms. The molecule has 1 heterocycles. The topological polar surface area (TPSA) is 104 Å². The van der Waals surface area contributed by atoms with Gasteiger partial charge in [-0.25, -0.2) is 4.79 Å². The molecule has 1 aliphatic rings. The molecule has 2 aromatic rings. The maximum absolute atomic E-state index is 12.7. The lowest BCUT2D eigenvalue weighted by Gasteiger charge is -2.27. The van der Waals surface area contributed by atoms with E-state index in [1.807, 2.05) is 42.5 Å². The quantitative estimate of drug-likeness (QED) is 0.704. The van der Waals surface area contributed by atoms with Gasteiger partial charge in [-0.3, -0.25) is 0 Å². The first-order valence-corrected chi connectivity index (χ1v) is 9.72. The Balaban J connectivity index is 2.13. The van der Waals surface area contributed by atoms with Crippen molar-refractivity contribution in [1.82, 2.24) is 0 Å². The van der Waals surface area contributed by atoms with Crippen LogP contribution in [0.5, 0.6) is 11.5 Å². The van der Waals surface area contributed by atoms with E-state index in [1.54, 1.807) is 28.1 Å². The smallest absolute Gasteiger partial charge is 0.338 e. The summed E-state index contributed by atoms with van der Waals surface area (Å²) >= 11 is 0. The summed E-state index contributed by atoms with van der Waals surface area (Å²) in [5.41, 5.74) is 8.89. The molecule has 2 aromatic carbocycles. The second kappa shape index (κ2) is 9.26. The third-order valence-electron chi connectivity index (χ3n) is 5.04. The lowest BCUT2D eigenvalue weighted by Crippen LogP contribution is -2.25. The van der Waals surface area contributed by atoms with Gasteiger partial charge in [0.2, 0.25) is 5.88 Å². The molecule has 0 saturated carbocycles. The Labute approximate surface area is 181 Å². The zero-order chi connectivity index (χ0) is 22.5. The van der Waals surface area contributed by atoms with Crippen molar-refractivity contribution in [1.29, 1.82) is 5.26 Å². The highest BCUT2D eigenvalue weighted by molar-refractivity contribution is 5.92. The number of esters is 1. The predicted octanol–water partition coefficient (Wildman–Crippen LogP) is 4.02. The first kappa shape index (κ1) is 21.8. The standard InChI is InChI=1S/C24H24N2O5/c1-5-30-24(27)21-14(2)31-23(26)18(13-25)22(21)17-8-6-7-15(11-17)16-9-10-19(28-3)20(12-16)29-4/h6-12,22H,5,26H2,1-4H3. The van der Waals surface area contributed by atoms with Crippen molar-refractivity contribution >= 4 is 5.97 Å². The minimum absolute atomic E-state index is 0.0189. The summed E-state index contributed by atoms with van der Waals surface area (Å²) in [4.78, 5) is 12.7. The highest BCUT2D eigenvalue weighted by Gasteiger charge is 2.36. The van der Waals surface area contributed by atoms with Crippen molar-refractivity contribution in [3.63, 3.8) is 0 Å². The van der Waals surface area contributed by atoms with E-state index in [1.165, 1.54) is 0 Å². The van der Waals surface area contributed by atoms with Crippen LogP contribution in [-0.4, -0.2) is 26.8 Å². The SMILES string of the molecule is CCOC(=O)C1=C(C)OC(N)=C(C#N)C1c1cccc(-c2ccc(OC)c(OC)c2)c1. The lowest BCUT2D eigenvalue weighted by molar-refractivity contribution is -0.139. The Morgan fingerprint density at radius 2 is 1.84 bits per heavy atom. The molecule has 3 rings (SSSR count). The zero-order valence-corrected chi connectivity index (χ0v) is 17.9. The summed E-state index contributed by atoms with van der Waals surface area (Å²) in [6.45, 7) is 3.56. The first-order chi connectivity index (χ1) is 14.9. The van der Waals surface area contributed by atoms with Gasteiger partial charge in [-0.1, -0.05) is 30.3 Å². The highest BCUT2D eigenvalue weighted by Crippen LogP contribution is 2.41. The third-order valence-corrected chi connectivity index (χ3v) is 5.04. The molecule has 160 valence electrons. The number of nitrogens with two attached hydrogens (primary N) is 1. The molecule has 7 nitrogen and oxygen atoms in total. The number of nitrogens with zero attached hydrogens (tertiary/aromatic N) is 1. The number of nitriles is 1. The Kier molecular flexibility index (Phi) is 6.51. The highest BCUT2D eigenvalue weighted by atomic mass is 16.5. The Bertz CT molecular complexity index is 1110. The van der Waals surface area contributed by atoms with Gasteiger partial charge in [0, 0.05) is 0 Å². The van der Waals surface area contributed by atoms with Gasteiger partial charge in [-0.2, -0.15) is 5.26 Å². The summed E-state index contributed by atoms with van der Waals surface area (Å²) in [5, 5.41) is 9.75. The van der Waals surface area contributed by atoms with E-state index in [0.29, 0.717) is 17.3 Å². The van der Waals surface area contributed by atoms with Crippen LogP contribution in [0, 0.1) is 11.3 Å². The fourth-order valence-electron chi connectivity index (χ4n) is 3.60. The van der Waals surface area contributed by atoms with Crippen LogP contribution in [0.1, 0.15) is 25.3 Å². The molecule has 0 bridgehead atoms. The number of methoxy groups -OCH3 is 2. The van der Waals surface area contributed by atoms with Gasteiger partial charge in [-0.05, 0) is 42.7 Å². The van der Waals surface area contributed by atoms with Crippen molar-refractivity contribution in [3.05, 3.63) is 70.8 Å². The normalized spacial score (nSPS) is 15.8. The van der Waals surface area contributed by atoms with Crippen molar-refractivity contribution in [2.75, 3.05) is 20.8 Å². The Morgan fingerprint density at radius 3 is 2.48 bits per heavy atom. The molecule has 0 aromatic heterocycles. The molecular formula is C24H24N2O5. The number of hydrogen-bond acceptors (Lipinski definition) is 7. The second-order valence-corrected chi connectivity index (χ2v) is 6.81. The Hall–Kier alpha value is -3.92. The van der Waals surface area contributed by atoms with Crippen molar-refractivity contribution in [2.45, 2.75) is 19.8 Å². The molecule has 2 N–H and O–H groups in total. The van der Waals surface area contributed by atoms with Crippen molar-refractivity contribution < 1.29 is 23.7 Å². The molecule has 1 atom stereocenters. The molecule has 7 heteroatoms. The maximum atomic E-state index is 12.7. The van der Waals surface area contributed by atoms with Crippen molar-refractivity contribution in [2.24, 2.45) is 5.73 Å². The monoisotopic (exact) mass is 420 g/mol. The predicted molar refractivity (Wildman–Crippen MR) is 115 cm³/mol. The summed E-state index contributed by atoms with van der Waals surface area (Å²) < 4.78 is 21.4. The van der Waals surface area contributed by atoms with E-state index < -0.39 is 11.9 Å². The van der Waals surface area contributed by atoms with Gasteiger partial charge in [0.25, 0.3) is 0 Å². The van der Waals surface area contributed by atoms with E-state index in [2.05, 4.69) is 6.07 Å². The van der Waals surface area contributed by atoms with E-state index in [4.69, 9.17) is 24.7 Å². The van der Waals surface area contributed by atoms with Crippen LogP contribution in [0.3, 0.4) is 0 Å². The third kappa shape index (κ3) is 4.19. The first-order valence-electron chi connectivity index (χ1n) is 9.72. The lowest BCUT2D eigenvalue weighted by atomic mass is 9.82. The molecular weight excluding hydrogens is 396 g/mol. The molecule has 0 radical (unpaired) electrons. The average molecular weight is 420 g/mol. The van der Waals surface area contributed by atoms with Crippen LogP contribution in [0.2, 0.25) is 0 Å². The maximum Gasteiger partial charge on any atom is 0.338 e. The molecule has 0 saturated heterocycles. The number of rotatable bonds is 6. The molecule has 0 spiro atoms. The molecule has 1 aliphatic heterocycles. The number of hydrogen-bond donors (Lipinski definition) is 1. The number of allylic oxidation sites excluding steroid dienone is 2. The molecule has 1 unspecified atom stereocenters. The van der Waals surface area contributed by atoms with Gasteiger partial charge in [-0.15, -0.1) is 0 Å². The largest absolute Gasteiger partial charge is 0.493 e. The van der Waals surface area contributed by atoms with Crippen molar-refractivity contribution in [3.8, 4) is 28.7 Å². The zero-order valence-electron chi connectivity index (χ0n) is 17.9.